The van der Waals surface area contributed by atoms with Crippen LogP contribution in [0.2, 0.25) is 0 Å². The minimum Gasteiger partial charge on any atom is -0.350 e. The van der Waals surface area contributed by atoms with Gasteiger partial charge in [-0.3, -0.25) is 4.79 Å². The van der Waals surface area contributed by atoms with Crippen LogP contribution >= 0.6 is 0 Å². The first-order valence-electron chi connectivity index (χ1n) is 8.84. The van der Waals surface area contributed by atoms with Crippen molar-refractivity contribution in [3.05, 3.63) is 70.8 Å². The summed E-state index contributed by atoms with van der Waals surface area (Å²) in [5.74, 6) is -0.446. The van der Waals surface area contributed by atoms with Crippen LogP contribution in [0.15, 0.2) is 48.5 Å². The molecule has 4 N–H and O–H groups in total. The predicted molar refractivity (Wildman–Crippen MR) is 107 cm³/mol. The number of carbonyl (C=O) groups is 1. The molecule has 2 rings (SSSR count). The first-order chi connectivity index (χ1) is 12.7. The molecular weight excluding hydrogens is 362 g/mol. The van der Waals surface area contributed by atoms with Crippen LogP contribution in [0.25, 0.3) is 0 Å². The van der Waals surface area contributed by atoms with Gasteiger partial charge in [0.25, 0.3) is 0 Å². The second kappa shape index (κ2) is 9.12. The van der Waals surface area contributed by atoms with Crippen LogP contribution in [0.5, 0.6) is 0 Å². The summed E-state index contributed by atoms with van der Waals surface area (Å²) in [6.07, 6.45) is 0. The second-order valence-electron chi connectivity index (χ2n) is 6.91. The zero-order valence-corrected chi connectivity index (χ0v) is 16.7. The summed E-state index contributed by atoms with van der Waals surface area (Å²) in [6, 6.07) is 13.7. The van der Waals surface area contributed by atoms with Crippen LogP contribution in [0.3, 0.4) is 0 Å². The van der Waals surface area contributed by atoms with E-state index in [1.54, 1.807) is 32.0 Å². The lowest BCUT2D eigenvalue weighted by atomic mass is 10.0. The molecule has 0 aromatic heterocycles. The van der Waals surface area contributed by atoms with Crippen molar-refractivity contribution in [3.8, 4) is 0 Å². The third-order valence-electron chi connectivity index (χ3n) is 4.05. The number of amides is 1. The van der Waals surface area contributed by atoms with Gasteiger partial charge in [-0.15, -0.1) is 0 Å². The fourth-order valence-electron chi connectivity index (χ4n) is 2.69. The first kappa shape index (κ1) is 21.1. The van der Waals surface area contributed by atoms with Crippen molar-refractivity contribution in [2.24, 2.45) is 5.73 Å². The molecule has 0 radical (unpaired) electrons. The Labute approximate surface area is 161 Å². The SMILES string of the molecule is Cc1ccc(C(N)C(=O)NCc2ccccc2CS(=O)(=O)NC(C)C)cc1. The van der Waals surface area contributed by atoms with Crippen LogP contribution in [-0.2, 0) is 27.1 Å². The van der Waals surface area contributed by atoms with Crippen molar-refractivity contribution < 1.29 is 13.2 Å². The van der Waals surface area contributed by atoms with Gasteiger partial charge in [0.1, 0.15) is 6.04 Å². The van der Waals surface area contributed by atoms with Crippen LogP contribution in [0.4, 0.5) is 0 Å². The number of nitrogens with two attached hydrogens (primary N) is 1. The maximum absolute atomic E-state index is 12.4. The van der Waals surface area contributed by atoms with Gasteiger partial charge in [0.2, 0.25) is 15.9 Å². The molecule has 146 valence electrons. The first-order valence-corrected chi connectivity index (χ1v) is 10.5. The van der Waals surface area contributed by atoms with E-state index in [1.165, 1.54) is 0 Å². The molecule has 0 aliphatic heterocycles. The summed E-state index contributed by atoms with van der Waals surface area (Å²) in [5, 5.41) is 2.80. The van der Waals surface area contributed by atoms with Gasteiger partial charge in [0, 0.05) is 12.6 Å². The van der Waals surface area contributed by atoms with Crippen molar-refractivity contribution in [2.45, 2.75) is 45.2 Å². The summed E-state index contributed by atoms with van der Waals surface area (Å²) in [7, 11) is -3.45. The summed E-state index contributed by atoms with van der Waals surface area (Å²) < 4.78 is 27.0. The molecule has 0 saturated heterocycles. The Morgan fingerprint density at radius 3 is 2.22 bits per heavy atom. The molecule has 1 amide bonds. The molecule has 0 heterocycles. The summed E-state index contributed by atoms with van der Waals surface area (Å²) in [5.41, 5.74) is 9.25. The Morgan fingerprint density at radius 2 is 1.63 bits per heavy atom. The zero-order valence-electron chi connectivity index (χ0n) is 15.9. The van der Waals surface area contributed by atoms with E-state index in [9.17, 15) is 13.2 Å². The molecule has 27 heavy (non-hydrogen) atoms. The number of carbonyl (C=O) groups excluding carboxylic acids is 1. The Kier molecular flexibility index (Phi) is 7.12. The van der Waals surface area contributed by atoms with E-state index in [-0.39, 0.29) is 24.2 Å². The van der Waals surface area contributed by atoms with Crippen molar-refractivity contribution >= 4 is 15.9 Å². The maximum Gasteiger partial charge on any atom is 0.241 e. The van der Waals surface area contributed by atoms with Crippen LogP contribution in [0, 0.1) is 6.92 Å². The van der Waals surface area contributed by atoms with Crippen LogP contribution in [0.1, 0.15) is 42.1 Å². The van der Waals surface area contributed by atoms with Gasteiger partial charge in [-0.2, -0.15) is 0 Å². The smallest absolute Gasteiger partial charge is 0.241 e. The van der Waals surface area contributed by atoms with E-state index >= 15 is 0 Å². The monoisotopic (exact) mass is 389 g/mol. The number of benzene rings is 2. The highest BCUT2D eigenvalue weighted by atomic mass is 32.2. The molecule has 0 spiro atoms. The lowest BCUT2D eigenvalue weighted by molar-refractivity contribution is -0.122. The van der Waals surface area contributed by atoms with E-state index < -0.39 is 16.1 Å². The normalized spacial score (nSPS) is 12.8. The number of aryl methyl sites for hydroxylation is 1. The fraction of sp³-hybridized carbons (Fsp3) is 0.350. The number of hydrogen-bond acceptors (Lipinski definition) is 4. The van der Waals surface area contributed by atoms with Crippen molar-refractivity contribution in [2.75, 3.05) is 0 Å². The highest BCUT2D eigenvalue weighted by Crippen LogP contribution is 2.14. The van der Waals surface area contributed by atoms with Gasteiger partial charge in [0.05, 0.1) is 5.75 Å². The van der Waals surface area contributed by atoms with E-state index in [1.807, 2.05) is 37.3 Å². The third-order valence-corrected chi connectivity index (χ3v) is 5.57. The number of rotatable bonds is 8. The highest BCUT2D eigenvalue weighted by molar-refractivity contribution is 7.88. The molecule has 2 aromatic carbocycles. The van der Waals surface area contributed by atoms with E-state index in [0.29, 0.717) is 5.56 Å². The summed E-state index contributed by atoms with van der Waals surface area (Å²) >= 11 is 0. The molecule has 0 fully saturated rings. The van der Waals surface area contributed by atoms with Crippen molar-refractivity contribution in [3.63, 3.8) is 0 Å². The van der Waals surface area contributed by atoms with Gasteiger partial charge < -0.3 is 11.1 Å². The van der Waals surface area contributed by atoms with Crippen LogP contribution in [-0.4, -0.2) is 20.4 Å². The van der Waals surface area contributed by atoms with E-state index in [0.717, 1.165) is 16.7 Å². The van der Waals surface area contributed by atoms with Gasteiger partial charge >= 0.3 is 0 Å². The van der Waals surface area contributed by atoms with E-state index in [2.05, 4.69) is 10.0 Å². The van der Waals surface area contributed by atoms with Gasteiger partial charge in [-0.1, -0.05) is 54.1 Å². The van der Waals surface area contributed by atoms with Crippen molar-refractivity contribution in [1.29, 1.82) is 0 Å². The van der Waals surface area contributed by atoms with Gasteiger partial charge in [0.15, 0.2) is 0 Å². The molecule has 1 atom stereocenters. The lowest BCUT2D eigenvalue weighted by Gasteiger charge is -2.15. The summed E-state index contributed by atoms with van der Waals surface area (Å²) in [6.45, 7) is 5.73. The molecular formula is C20H27N3O3S. The average molecular weight is 390 g/mol. The Hall–Kier alpha value is -2.22. The van der Waals surface area contributed by atoms with Gasteiger partial charge in [-0.05, 0) is 37.5 Å². The quantitative estimate of drug-likeness (QED) is 0.644. The lowest BCUT2D eigenvalue weighted by Crippen LogP contribution is -2.34. The Bertz CT molecular complexity index is 878. The number of sulfonamides is 1. The second-order valence-corrected chi connectivity index (χ2v) is 8.66. The highest BCUT2D eigenvalue weighted by Gasteiger charge is 2.18. The van der Waals surface area contributed by atoms with E-state index in [4.69, 9.17) is 5.73 Å². The van der Waals surface area contributed by atoms with Gasteiger partial charge in [-0.25, -0.2) is 13.1 Å². The summed E-state index contributed by atoms with van der Waals surface area (Å²) in [4.78, 5) is 12.4. The molecule has 6 nitrogen and oxygen atoms in total. The largest absolute Gasteiger partial charge is 0.350 e. The Morgan fingerprint density at radius 1 is 1.04 bits per heavy atom. The topological polar surface area (TPSA) is 101 Å². The molecule has 0 aliphatic carbocycles. The standard InChI is InChI=1S/C20H27N3O3S/c1-14(2)23-27(25,26)13-18-7-5-4-6-17(18)12-22-20(24)19(21)16-10-8-15(3)9-11-16/h4-11,14,19,23H,12-13,21H2,1-3H3,(H,22,24). The molecule has 2 aromatic rings. The molecule has 0 saturated carbocycles. The third kappa shape index (κ3) is 6.46. The predicted octanol–water partition coefficient (Wildman–Crippen LogP) is 2.14. The average Bonchev–Trinajstić information content (AvgIpc) is 2.59. The minimum absolute atomic E-state index is 0.138. The number of hydrogen-bond donors (Lipinski definition) is 3. The molecule has 7 heteroatoms. The minimum atomic E-state index is -3.45. The Balaban J connectivity index is 2.05. The zero-order chi connectivity index (χ0) is 20.0. The molecule has 0 bridgehead atoms. The number of nitrogens with one attached hydrogen (secondary N) is 2. The van der Waals surface area contributed by atoms with Crippen LogP contribution < -0.4 is 15.8 Å². The maximum atomic E-state index is 12.4. The molecule has 0 aliphatic rings. The van der Waals surface area contributed by atoms with Crippen molar-refractivity contribution in [1.82, 2.24) is 10.0 Å². The fourth-order valence-corrected chi connectivity index (χ4v) is 4.19. The molecule has 1 unspecified atom stereocenters.